The number of rotatable bonds is 5. The maximum Gasteiger partial charge on any atom is 0.513 e. The molecule has 6 nitrogen and oxygen atoms in total. The largest absolute Gasteiger partial charge is 0.513 e. The second-order valence-electron chi connectivity index (χ2n) is 4.04. The van der Waals surface area contributed by atoms with Crippen LogP contribution in [0.25, 0.3) is 0 Å². The summed E-state index contributed by atoms with van der Waals surface area (Å²) in [5, 5.41) is 4.93. The van der Waals surface area contributed by atoms with Gasteiger partial charge < -0.3 is 9.47 Å². The highest BCUT2D eigenvalue weighted by Gasteiger charge is 2.10. The SMILES string of the molecule is CCOC(=O)Oc1ccc(C(=O)Nc2nc(CCl)cs2)cc1. The molecule has 1 heterocycles. The Kier molecular flexibility index (Phi) is 5.74. The summed E-state index contributed by atoms with van der Waals surface area (Å²) in [6.07, 6.45) is -0.781. The normalized spacial score (nSPS) is 10.1. The molecule has 0 atom stereocenters. The minimum Gasteiger partial charge on any atom is -0.434 e. The fraction of sp³-hybridized carbons (Fsp3) is 0.214. The summed E-state index contributed by atoms with van der Waals surface area (Å²) in [5.41, 5.74) is 1.12. The van der Waals surface area contributed by atoms with Crippen LogP contribution in [0.4, 0.5) is 9.93 Å². The van der Waals surface area contributed by atoms with Gasteiger partial charge in [0.2, 0.25) is 0 Å². The number of thiazole rings is 1. The van der Waals surface area contributed by atoms with Crippen LogP contribution in [0, 0.1) is 0 Å². The Labute approximate surface area is 136 Å². The molecular weight excluding hydrogens is 328 g/mol. The summed E-state index contributed by atoms with van der Waals surface area (Å²) in [6.45, 7) is 1.92. The van der Waals surface area contributed by atoms with E-state index >= 15 is 0 Å². The third kappa shape index (κ3) is 4.44. The van der Waals surface area contributed by atoms with Gasteiger partial charge in [0.25, 0.3) is 5.91 Å². The molecule has 0 saturated carbocycles. The third-order valence-corrected chi connectivity index (χ3v) is 3.57. The first-order chi connectivity index (χ1) is 10.6. The molecule has 0 aliphatic carbocycles. The van der Waals surface area contributed by atoms with Crippen molar-refractivity contribution < 1.29 is 19.1 Å². The third-order valence-electron chi connectivity index (χ3n) is 2.49. The number of nitrogens with zero attached hydrogens (tertiary/aromatic N) is 1. The molecule has 0 aliphatic rings. The van der Waals surface area contributed by atoms with Crippen molar-refractivity contribution in [2.24, 2.45) is 0 Å². The molecule has 2 aromatic rings. The number of ether oxygens (including phenoxy) is 2. The van der Waals surface area contributed by atoms with Gasteiger partial charge in [-0.2, -0.15) is 0 Å². The van der Waals surface area contributed by atoms with Crippen LogP contribution in [0.1, 0.15) is 23.0 Å². The molecule has 1 N–H and O–H groups in total. The van der Waals surface area contributed by atoms with Crippen LogP contribution < -0.4 is 10.1 Å². The Morgan fingerprint density at radius 1 is 1.32 bits per heavy atom. The number of anilines is 1. The number of aromatic nitrogens is 1. The summed E-state index contributed by atoms with van der Waals surface area (Å²) in [4.78, 5) is 27.3. The number of halogens is 1. The molecule has 0 spiro atoms. The van der Waals surface area contributed by atoms with E-state index in [2.05, 4.69) is 15.0 Å². The minimum absolute atomic E-state index is 0.234. The van der Waals surface area contributed by atoms with E-state index in [0.717, 1.165) is 0 Å². The van der Waals surface area contributed by atoms with Crippen LogP contribution >= 0.6 is 22.9 Å². The first-order valence-electron chi connectivity index (χ1n) is 6.38. The average Bonchev–Trinajstić information content (AvgIpc) is 2.95. The topological polar surface area (TPSA) is 77.5 Å². The Hall–Kier alpha value is -2.12. The quantitative estimate of drug-likeness (QED) is 0.510. The molecule has 0 aliphatic heterocycles. The lowest BCUT2D eigenvalue weighted by atomic mass is 10.2. The first kappa shape index (κ1) is 16.3. The van der Waals surface area contributed by atoms with Gasteiger partial charge in [0.05, 0.1) is 18.2 Å². The number of carbonyl (C=O) groups excluding carboxylic acids is 2. The standard InChI is InChI=1S/C14H13ClN2O4S/c1-2-20-14(19)21-11-5-3-9(4-6-11)12(18)17-13-16-10(7-15)8-22-13/h3-6,8H,2,7H2,1H3,(H,16,17,18). The van der Waals surface area contributed by atoms with Gasteiger partial charge in [0.15, 0.2) is 5.13 Å². The molecule has 1 amide bonds. The van der Waals surface area contributed by atoms with E-state index in [4.69, 9.17) is 16.3 Å². The van der Waals surface area contributed by atoms with Gasteiger partial charge in [-0.1, -0.05) is 0 Å². The fourth-order valence-electron chi connectivity index (χ4n) is 1.51. The van der Waals surface area contributed by atoms with Gasteiger partial charge in [-0.05, 0) is 31.2 Å². The minimum atomic E-state index is -0.781. The summed E-state index contributed by atoms with van der Waals surface area (Å²) in [5.74, 6) is 0.290. The molecule has 0 radical (unpaired) electrons. The van der Waals surface area contributed by atoms with E-state index in [9.17, 15) is 9.59 Å². The second-order valence-corrected chi connectivity index (χ2v) is 5.17. The molecule has 22 heavy (non-hydrogen) atoms. The molecule has 0 unspecified atom stereocenters. The molecule has 1 aromatic carbocycles. The highest BCUT2D eigenvalue weighted by Crippen LogP contribution is 2.18. The van der Waals surface area contributed by atoms with E-state index in [1.807, 2.05) is 0 Å². The Bertz CT molecular complexity index is 657. The number of benzene rings is 1. The lowest BCUT2D eigenvalue weighted by Crippen LogP contribution is -2.12. The monoisotopic (exact) mass is 340 g/mol. The van der Waals surface area contributed by atoms with Crippen LogP contribution in [0.15, 0.2) is 29.6 Å². The average molecular weight is 341 g/mol. The number of carbonyl (C=O) groups is 2. The van der Waals surface area contributed by atoms with E-state index in [0.29, 0.717) is 28.0 Å². The van der Waals surface area contributed by atoms with Crippen molar-refractivity contribution in [1.29, 1.82) is 0 Å². The maximum atomic E-state index is 12.0. The molecule has 2 rings (SSSR count). The van der Waals surface area contributed by atoms with Crippen molar-refractivity contribution in [2.75, 3.05) is 11.9 Å². The predicted molar refractivity (Wildman–Crippen MR) is 83.7 cm³/mol. The summed E-state index contributed by atoms with van der Waals surface area (Å²) < 4.78 is 9.57. The zero-order valence-corrected chi connectivity index (χ0v) is 13.2. The summed E-state index contributed by atoms with van der Waals surface area (Å²) in [6, 6.07) is 6.11. The molecule has 8 heteroatoms. The number of alkyl halides is 1. The first-order valence-corrected chi connectivity index (χ1v) is 7.80. The molecule has 1 aromatic heterocycles. The summed E-state index contributed by atoms with van der Waals surface area (Å²) in [7, 11) is 0. The van der Waals surface area contributed by atoms with Crippen molar-refractivity contribution >= 4 is 40.1 Å². The molecular formula is C14H13ClN2O4S. The molecule has 0 fully saturated rings. The Morgan fingerprint density at radius 3 is 2.64 bits per heavy atom. The number of amides is 1. The number of hydrogen-bond acceptors (Lipinski definition) is 6. The van der Waals surface area contributed by atoms with E-state index in [1.165, 1.54) is 23.5 Å². The van der Waals surface area contributed by atoms with Crippen LogP contribution in [0.2, 0.25) is 0 Å². The molecule has 0 bridgehead atoms. The van der Waals surface area contributed by atoms with Gasteiger partial charge >= 0.3 is 6.16 Å². The van der Waals surface area contributed by atoms with E-state index in [-0.39, 0.29) is 12.5 Å². The molecule has 116 valence electrons. The van der Waals surface area contributed by atoms with Crippen molar-refractivity contribution in [3.8, 4) is 5.75 Å². The Morgan fingerprint density at radius 2 is 2.05 bits per heavy atom. The number of nitrogens with one attached hydrogen (secondary N) is 1. The smallest absolute Gasteiger partial charge is 0.434 e. The van der Waals surface area contributed by atoms with Crippen LogP contribution in [-0.4, -0.2) is 23.7 Å². The summed E-state index contributed by atoms with van der Waals surface area (Å²) >= 11 is 6.96. The van der Waals surface area contributed by atoms with Gasteiger partial charge in [0, 0.05) is 10.9 Å². The van der Waals surface area contributed by atoms with Gasteiger partial charge in [-0.3, -0.25) is 10.1 Å². The fourth-order valence-corrected chi connectivity index (χ4v) is 2.45. The lowest BCUT2D eigenvalue weighted by molar-refractivity contribution is 0.102. The highest BCUT2D eigenvalue weighted by molar-refractivity contribution is 7.14. The molecule has 0 saturated heterocycles. The number of hydrogen-bond donors (Lipinski definition) is 1. The van der Waals surface area contributed by atoms with Crippen molar-refractivity contribution in [2.45, 2.75) is 12.8 Å². The Balaban J connectivity index is 1.97. The van der Waals surface area contributed by atoms with Crippen molar-refractivity contribution in [3.63, 3.8) is 0 Å². The zero-order valence-electron chi connectivity index (χ0n) is 11.7. The van der Waals surface area contributed by atoms with E-state index < -0.39 is 6.16 Å². The lowest BCUT2D eigenvalue weighted by Gasteiger charge is -2.05. The van der Waals surface area contributed by atoms with Gasteiger partial charge in [-0.25, -0.2) is 9.78 Å². The maximum absolute atomic E-state index is 12.0. The predicted octanol–water partition coefficient (Wildman–Crippen LogP) is 3.67. The highest BCUT2D eigenvalue weighted by atomic mass is 35.5. The zero-order chi connectivity index (χ0) is 15.9. The van der Waals surface area contributed by atoms with Gasteiger partial charge in [-0.15, -0.1) is 22.9 Å². The van der Waals surface area contributed by atoms with Crippen molar-refractivity contribution in [1.82, 2.24) is 4.98 Å². The van der Waals surface area contributed by atoms with Crippen LogP contribution in [-0.2, 0) is 10.6 Å². The van der Waals surface area contributed by atoms with Crippen molar-refractivity contribution in [3.05, 3.63) is 40.9 Å². The van der Waals surface area contributed by atoms with Gasteiger partial charge in [0.1, 0.15) is 5.75 Å². The second kappa shape index (κ2) is 7.77. The van der Waals surface area contributed by atoms with Crippen LogP contribution in [0.3, 0.4) is 0 Å². The van der Waals surface area contributed by atoms with E-state index in [1.54, 1.807) is 24.4 Å². The van der Waals surface area contributed by atoms with Crippen LogP contribution in [0.5, 0.6) is 5.75 Å².